The van der Waals surface area contributed by atoms with Gasteiger partial charge < -0.3 is 14.8 Å². The van der Waals surface area contributed by atoms with Gasteiger partial charge in [0.25, 0.3) is 5.91 Å². The Kier molecular flexibility index (Phi) is 9.46. The van der Waals surface area contributed by atoms with Crippen molar-refractivity contribution in [3.05, 3.63) is 89.5 Å². The van der Waals surface area contributed by atoms with Gasteiger partial charge >= 0.3 is 0 Å². The zero-order valence-electron chi connectivity index (χ0n) is 19.9. The van der Waals surface area contributed by atoms with Crippen molar-refractivity contribution < 1.29 is 18.7 Å². The maximum atomic E-state index is 13.7. The van der Waals surface area contributed by atoms with E-state index in [0.717, 1.165) is 43.7 Å². The zero-order chi connectivity index (χ0) is 23.9. The second-order valence-corrected chi connectivity index (χ2v) is 8.54. The molecule has 1 amide bonds. The Bertz CT molecular complexity index is 1120. The SMILES string of the molecule is COc1ccc(CN2CCCC(C(NC(=O)c3cccc(F)c3)c3ccccn3)C2)cc1OC.Cl. The van der Waals surface area contributed by atoms with Gasteiger partial charge in [-0.2, -0.15) is 0 Å². The van der Waals surface area contributed by atoms with Crippen LogP contribution in [0.1, 0.15) is 40.5 Å². The Hall–Kier alpha value is -3.16. The topological polar surface area (TPSA) is 63.7 Å². The Morgan fingerprint density at radius 3 is 2.66 bits per heavy atom. The number of pyridine rings is 1. The lowest BCUT2D eigenvalue weighted by Gasteiger charge is -2.37. The molecule has 1 aliphatic rings. The number of methoxy groups -OCH3 is 2. The van der Waals surface area contributed by atoms with E-state index in [2.05, 4.69) is 15.2 Å². The molecule has 0 aliphatic carbocycles. The van der Waals surface area contributed by atoms with Crippen molar-refractivity contribution in [2.75, 3.05) is 27.3 Å². The summed E-state index contributed by atoms with van der Waals surface area (Å²) in [5, 5.41) is 3.13. The van der Waals surface area contributed by atoms with E-state index in [-0.39, 0.29) is 30.3 Å². The molecule has 2 atom stereocenters. The van der Waals surface area contributed by atoms with Crippen LogP contribution in [-0.4, -0.2) is 43.1 Å². The first-order chi connectivity index (χ1) is 16.6. The Labute approximate surface area is 211 Å². The minimum absolute atomic E-state index is 0. The number of likely N-dealkylation sites (tertiary alicyclic amines) is 1. The molecule has 1 aliphatic heterocycles. The second-order valence-electron chi connectivity index (χ2n) is 8.54. The maximum Gasteiger partial charge on any atom is 0.251 e. The summed E-state index contributed by atoms with van der Waals surface area (Å²) < 4.78 is 24.5. The fourth-order valence-electron chi connectivity index (χ4n) is 4.59. The molecule has 2 unspecified atom stereocenters. The molecule has 1 aromatic heterocycles. The molecule has 1 saturated heterocycles. The van der Waals surface area contributed by atoms with Crippen LogP contribution in [0.2, 0.25) is 0 Å². The summed E-state index contributed by atoms with van der Waals surface area (Å²) in [5.74, 6) is 0.856. The predicted molar refractivity (Wildman–Crippen MR) is 136 cm³/mol. The van der Waals surface area contributed by atoms with Crippen LogP contribution >= 0.6 is 12.4 Å². The van der Waals surface area contributed by atoms with Crippen molar-refractivity contribution in [2.24, 2.45) is 5.92 Å². The second kappa shape index (κ2) is 12.5. The van der Waals surface area contributed by atoms with Gasteiger partial charge in [-0.1, -0.05) is 18.2 Å². The van der Waals surface area contributed by atoms with E-state index in [9.17, 15) is 9.18 Å². The van der Waals surface area contributed by atoms with Gasteiger partial charge in [0.2, 0.25) is 0 Å². The van der Waals surface area contributed by atoms with E-state index >= 15 is 0 Å². The van der Waals surface area contributed by atoms with E-state index in [0.29, 0.717) is 17.1 Å². The van der Waals surface area contributed by atoms with Gasteiger partial charge in [-0.05, 0) is 73.3 Å². The van der Waals surface area contributed by atoms with Gasteiger partial charge in [-0.3, -0.25) is 14.7 Å². The number of rotatable bonds is 8. The maximum absolute atomic E-state index is 13.7. The third kappa shape index (κ3) is 6.71. The average molecular weight is 500 g/mol. The molecule has 1 fully saturated rings. The Balaban J connectivity index is 0.00000342. The van der Waals surface area contributed by atoms with Crippen molar-refractivity contribution in [1.82, 2.24) is 15.2 Å². The number of hydrogen-bond donors (Lipinski definition) is 1. The van der Waals surface area contributed by atoms with Crippen LogP contribution in [0, 0.1) is 11.7 Å². The standard InChI is InChI=1S/C27H30FN3O3.ClH/c1-33-24-12-11-19(15-25(24)34-2)17-31-14-6-8-21(18-31)26(23-10-3-4-13-29-23)30-27(32)20-7-5-9-22(28)16-20;/h3-5,7,9-13,15-16,21,26H,6,8,14,17-18H2,1-2H3,(H,30,32);1H. The van der Waals surface area contributed by atoms with E-state index in [4.69, 9.17) is 9.47 Å². The molecule has 0 radical (unpaired) electrons. The summed E-state index contributed by atoms with van der Waals surface area (Å²) in [4.78, 5) is 19.9. The van der Waals surface area contributed by atoms with Crippen molar-refractivity contribution in [1.29, 1.82) is 0 Å². The summed E-state index contributed by atoms with van der Waals surface area (Å²) >= 11 is 0. The van der Waals surface area contributed by atoms with Gasteiger partial charge in [-0.25, -0.2) is 4.39 Å². The number of benzene rings is 2. The van der Waals surface area contributed by atoms with Crippen molar-refractivity contribution in [3.8, 4) is 11.5 Å². The fraction of sp³-hybridized carbons (Fsp3) is 0.333. The number of hydrogen-bond acceptors (Lipinski definition) is 5. The molecule has 8 heteroatoms. The highest BCUT2D eigenvalue weighted by Crippen LogP contribution is 2.32. The molecule has 3 aromatic rings. The Morgan fingerprint density at radius 1 is 1.11 bits per heavy atom. The number of carbonyl (C=O) groups excluding carboxylic acids is 1. The molecular weight excluding hydrogens is 469 g/mol. The first-order valence-electron chi connectivity index (χ1n) is 11.5. The molecule has 2 aromatic carbocycles. The minimum Gasteiger partial charge on any atom is -0.493 e. The number of amides is 1. The van der Waals surface area contributed by atoms with Crippen LogP contribution < -0.4 is 14.8 Å². The van der Waals surface area contributed by atoms with Crippen LogP contribution in [0.5, 0.6) is 11.5 Å². The lowest BCUT2D eigenvalue weighted by atomic mass is 9.88. The molecule has 2 heterocycles. The monoisotopic (exact) mass is 499 g/mol. The minimum atomic E-state index is -0.430. The summed E-state index contributed by atoms with van der Waals surface area (Å²) in [5.41, 5.74) is 2.25. The highest BCUT2D eigenvalue weighted by atomic mass is 35.5. The largest absolute Gasteiger partial charge is 0.493 e. The molecule has 6 nitrogen and oxygen atoms in total. The number of nitrogens with one attached hydrogen (secondary N) is 1. The first-order valence-corrected chi connectivity index (χ1v) is 11.5. The number of nitrogens with zero attached hydrogens (tertiary/aromatic N) is 2. The Morgan fingerprint density at radius 2 is 1.94 bits per heavy atom. The van der Waals surface area contributed by atoms with Crippen LogP contribution in [0.15, 0.2) is 66.9 Å². The van der Waals surface area contributed by atoms with Crippen molar-refractivity contribution in [3.63, 3.8) is 0 Å². The summed E-state index contributed by atoms with van der Waals surface area (Å²) in [7, 11) is 3.26. The molecule has 35 heavy (non-hydrogen) atoms. The van der Waals surface area contributed by atoms with Crippen LogP contribution in [0.25, 0.3) is 0 Å². The van der Waals surface area contributed by atoms with E-state index in [1.54, 1.807) is 32.5 Å². The highest BCUT2D eigenvalue weighted by Gasteiger charge is 2.31. The number of ether oxygens (including phenoxy) is 2. The fourth-order valence-corrected chi connectivity index (χ4v) is 4.59. The predicted octanol–water partition coefficient (Wildman–Crippen LogP) is 5.04. The number of piperidine rings is 1. The zero-order valence-corrected chi connectivity index (χ0v) is 20.8. The third-order valence-corrected chi connectivity index (χ3v) is 6.25. The highest BCUT2D eigenvalue weighted by molar-refractivity contribution is 5.94. The summed E-state index contributed by atoms with van der Waals surface area (Å²) in [6.45, 7) is 2.54. The van der Waals surface area contributed by atoms with E-state index in [1.165, 1.54) is 12.1 Å². The van der Waals surface area contributed by atoms with Gasteiger partial charge in [0.05, 0.1) is 26.0 Å². The van der Waals surface area contributed by atoms with Crippen molar-refractivity contribution in [2.45, 2.75) is 25.4 Å². The van der Waals surface area contributed by atoms with E-state index in [1.807, 2.05) is 36.4 Å². The molecule has 1 N–H and O–H groups in total. The van der Waals surface area contributed by atoms with E-state index < -0.39 is 5.82 Å². The van der Waals surface area contributed by atoms with Gasteiger partial charge in [0.15, 0.2) is 11.5 Å². The number of aromatic nitrogens is 1. The first kappa shape index (κ1) is 26.4. The van der Waals surface area contributed by atoms with Crippen LogP contribution in [0.4, 0.5) is 4.39 Å². The lowest BCUT2D eigenvalue weighted by Crippen LogP contribution is -2.43. The molecular formula is C27H31ClFN3O3. The molecule has 186 valence electrons. The average Bonchev–Trinajstić information content (AvgIpc) is 2.87. The molecule has 0 saturated carbocycles. The smallest absolute Gasteiger partial charge is 0.251 e. The lowest BCUT2D eigenvalue weighted by molar-refractivity contribution is 0.0874. The third-order valence-electron chi connectivity index (χ3n) is 6.25. The molecule has 0 spiro atoms. The normalized spacial score (nSPS) is 16.6. The summed E-state index contributed by atoms with van der Waals surface area (Å²) in [6, 6.07) is 17.2. The summed E-state index contributed by atoms with van der Waals surface area (Å²) in [6.07, 6.45) is 3.71. The van der Waals surface area contributed by atoms with Gasteiger partial charge in [0, 0.05) is 24.8 Å². The van der Waals surface area contributed by atoms with Crippen LogP contribution in [0.3, 0.4) is 0 Å². The number of carbonyl (C=O) groups is 1. The van der Waals surface area contributed by atoms with Gasteiger partial charge in [0.1, 0.15) is 5.82 Å². The molecule has 0 bridgehead atoms. The number of halogens is 2. The van der Waals surface area contributed by atoms with Crippen molar-refractivity contribution >= 4 is 18.3 Å². The van der Waals surface area contributed by atoms with Gasteiger partial charge in [-0.15, -0.1) is 12.4 Å². The quantitative estimate of drug-likeness (QED) is 0.470. The molecule has 4 rings (SSSR count). The van der Waals surface area contributed by atoms with Crippen LogP contribution in [-0.2, 0) is 6.54 Å².